The molecule has 0 bridgehead atoms. The quantitative estimate of drug-likeness (QED) is 0.655. The van der Waals surface area contributed by atoms with Crippen LogP contribution in [0.1, 0.15) is 26.7 Å². The zero-order valence-electron chi connectivity index (χ0n) is 13.0. The van der Waals surface area contributed by atoms with Crippen LogP contribution in [0.25, 0.3) is 10.9 Å². The van der Waals surface area contributed by atoms with Crippen molar-refractivity contribution in [3.05, 3.63) is 34.6 Å². The van der Waals surface area contributed by atoms with Crippen LogP contribution in [0.5, 0.6) is 11.5 Å². The first-order chi connectivity index (χ1) is 10.6. The minimum Gasteiger partial charge on any atom is -0.489 e. The van der Waals surface area contributed by atoms with Crippen molar-refractivity contribution in [2.24, 2.45) is 0 Å². The molecule has 118 valence electrons. The molecule has 2 rings (SSSR count). The summed E-state index contributed by atoms with van der Waals surface area (Å²) in [4.78, 5) is 23.9. The summed E-state index contributed by atoms with van der Waals surface area (Å²) in [6, 6.07) is 7.31. The number of para-hydroxylation sites is 1. The number of esters is 1. The third-order valence-electron chi connectivity index (χ3n) is 3.21. The molecule has 1 heterocycles. The van der Waals surface area contributed by atoms with Crippen molar-refractivity contribution < 1.29 is 14.3 Å². The van der Waals surface area contributed by atoms with E-state index in [2.05, 4.69) is 5.43 Å². The van der Waals surface area contributed by atoms with Gasteiger partial charge in [-0.2, -0.15) is 0 Å². The third kappa shape index (κ3) is 3.05. The van der Waals surface area contributed by atoms with Gasteiger partial charge in [0.2, 0.25) is 5.75 Å². The highest BCUT2D eigenvalue weighted by Gasteiger charge is 2.20. The first-order valence-electron chi connectivity index (χ1n) is 7.26. The van der Waals surface area contributed by atoms with Gasteiger partial charge < -0.3 is 14.9 Å². The average molecular weight is 304 g/mol. The summed E-state index contributed by atoms with van der Waals surface area (Å²) in [5.74, 6) is -0.331. The van der Waals surface area contributed by atoms with Crippen molar-refractivity contribution in [2.45, 2.75) is 26.7 Å². The Morgan fingerprint density at radius 1 is 1.27 bits per heavy atom. The van der Waals surface area contributed by atoms with E-state index in [1.54, 1.807) is 13.1 Å². The van der Waals surface area contributed by atoms with Gasteiger partial charge in [0.25, 0.3) is 0 Å². The maximum Gasteiger partial charge on any atom is 0.316 e. The largest absolute Gasteiger partial charge is 0.489 e. The Labute approximate surface area is 128 Å². The van der Waals surface area contributed by atoms with Gasteiger partial charge in [-0.1, -0.05) is 25.5 Å². The van der Waals surface area contributed by atoms with E-state index in [0.717, 1.165) is 12.8 Å². The molecule has 0 amide bonds. The summed E-state index contributed by atoms with van der Waals surface area (Å²) < 4.78 is 12.2. The number of hydrogen-bond donors (Lipinski definition) is 1. The first kappa shape index (κ1) is 15.9. The Balaban J connectivity index is 2.70. The van der Waals surface area contributed by atoms with Gasteiger partial charge in [-0.15, -0.1) is 0 Å². The number of hydrogen-bond acceptors (Lipinski definition) is 5. The summed E-state index contributed by atoms with van der Waals surface area (Å²) in [6.07, 6.45) is 1.82. The Bertz CT molecular complexity index is 737. The lowest BCUT2D eigenvalue weighted by Gasteiger charge is -2.17. The topological polar surface area (TPSA) is 69.6 Å². The first-order valence-corrected chi connectivity index (χ1v) is 7.26. The Morgan fingerprint density at radius 2 is 2.00 bits per heavy atom. The fourth-order valence-electron chi connectivity index (χ4n) is 2.21. The van der Waals surface area contributed by atoms with Gasteiger partial charge in [-0.25, -0.2) is 4.68 Å². The average Bonchev–Trinajstić information content (AvgIpc) is 2.50. The molecule has 0 aliphatic carbocycles. The van der Waals surface area contributed by atoms with E-state index in [1.807, 2.05) is 25.1 Å². The summed E-state index contributed by atoms with van der Waals surface area (Å²) in [5, 5.41) is 0.712. The van der Waals surface area contributed by atoms with Gasteiger partial charge in [0, 0.05) is 19.4 Å². The summed E-state index contributed by atoms with van der Waals surface area (Å²) >= 11 is 0. The summed E-state index contributed by atoms with van der Waals surface area (Å²) in [5.41, 5.74) is 3.01. The highest BCUT2D eigenvalue weighted by atomic mass is 16.6. The molecule has 2 aromatic rings. The molecular weight excluding hydrogens is 284 g/mol. The Morgan fingerprint density at radius 3 is 2.64 bits per heavy atom. The van der Waals surface area contributed by atoms with Gasteiger partial charge in [0.05, 0.1) is 12.1 Å². The second kappa shape index (κ2) is 6.98. The molecule has 6 heteroatoms. The molecule has 0 aliphatic heterocycles. The highest BCUT2D eigenvalue weighted by molar-refractivity contribution is 5.89. The normalized spacial score (nSPS) is 10.5. The zero-order valence-corrected chi connectivity index (χ0v) is 13.0. The molecule has 0 spiro atoms. The standard InChI is InChI=1S/C16H20N2O4/c1-4-5-10-21-14-12-8-6-7-9-13(12)18(17-3)16(20)15(14)22-11(2)19/h6-9,17H,4-5,10H2,1-3H3. The van der Waals surface area contributed by atoms with Crippen molar-refractivity contribution in [3.63, 3.8) is 0 Å². The van der Waals surface area contributed by atoms with Crippen LogP contribution >= 0.6 is 0 Å². The van der Waals surface area contributed by atoms with E-state index < -0.39 is 11.5 Å². The predicted molar refractivity (Wildman–Crippen MR) is 85.2 cm³/mol. The molecule has 1 aromatic carbocycles. The molecule has 22 heavy (non-hydrogen) atoms. The van der Waals surface area contributed by atoms with Crippen molar-refractivity contribution >= 4 is 16.9 Å². The van der Waals surface area contributed by atoms with Crippen LogP contribution in [0.3, 0.4) is 0 Å². The van der Waals surface area contributed by atoms with Crippen molar-refractivity contribution in [1.82, 2.24) is 4.68 Å². The number of aromatic nitrogens is 1. The molecule has 1 aromatic heterocycles. The Kier molecular flexibility index (Phi) is 5.04. The van der Waals surface area contributed by atoms with Crippen molar-refractivity contribution in [1.29, 1.82) is 0 Å². The van der Waals surface area contributed by atoms with Crippen LogP contribution in [0.15, 0.2) is 29.1 Å². The van der Waals surface area contributed by atoms with E-state index in [-0.39, 0.29) is 5.75 Å². The van der Waals surface area contributed by atoms with Crippen LogP contribution in [0.4, 0.5) is 0 Å². The lowest BCUT2D eigenvalue weighted by Crippen LogP contribution is -2.29. The fraction of sp³-hybridized carbons (Fsp3) is 0.375. The fourth-order valence-corrected chi connectivity index (χ4v) is 2.21. The molecule has 1 N–H and O–H groups in total. The van der Waals surface area contributed by atoms with Gasteiger partial charge >= 0.3 is 11.5 Å². The van der Waals surface area contributed by atoms with Gasteiger partial charge in [0.1, 0.15) is 0 Å². The number of nitrogens with zero attached hydrogens (tertiary/aromatic N) is 1. The number of carbonyl (C=O) groups is 1. The molecular formula is C16H20N2O4. The molecule has 0 fully saturated rings. The molecule has 0 radical (unpaired) electrons. The van der Waals surface area contributed by atoms with E-state index in [9.17, 15) is 9.59 Å². The Hall–Kier alpha value is -2.50. The summed E-state index contributed by atoms with van der Waals surface area (Å²) in [7, 11) is 1.63. The molecule has 0 saturated carbocycles. The number of fused-ring (bicyclic) bond motifs is 1. The minimum atomic E-state index is -0.560. The zero-order chi connectivity index (χ0) is 16.1. The SMILES string of the molecule is CCCCOc1c(OC(C)=O)c(=O)n(NC)c2ccccc12. The van der Waals surface area contributed by atoms with Gasteiger partial charge in [-0.05, 0) is 18.6 Å². The summed E-state index contributed by atoms with van der Waals surface area (Å²) in [6.45, 7) is 3.76. The van der Waals surface area contributed by atoms with Crippen LogP contribution in [0.2, 0.25) is 0 Å². The molecule has 6 nitrogen and oxygen atoms in total. The van der Waals surface area contributed by atoms with E-state index in [0.29, 0.717) is 23.3 Å². The molecule has 0 aliphatic rings. The number of unbranched alkanes of at least 4 members (excludes halogenated alkanes) is 1. The lowest BCUT2D eigenvalue weighted by atomic mass is 10.2. The molecule has 0 saturated heterocycles. The molecule has 0 atom stereocenters. The van der Waals surface area contributed by atoms with Crippen molar-refractivity contribution in [2.75, 3.05) is 19.1 Å². The number of benzene rings is 1. The van der Waals surface area contributed by atoms with Crippen LogP contribution in [-0.2, 0) is 4.79 Å². The lowest BCUT2D eigenvalue weighted by molar-refractivity contribution is -0.132. The number of pyridine rings is 1. The second-order valence-electron chi connectivity index (χ2n) is 4.84. The number of ether oxygens (including phenoxy) is 2. The van der Waals surface area contributed by atoms with Gasteiger partial charge in [0.15, 0.2) is 5.75 Å². The number of nitrogens with one attached hydrogen (secondary N) is 1. The van der Waals surface area contributed by atoms with Crippen LogP contribution in [-0.4, -0.2) is 24.3 Å². The van der Waals surface area contributed by atoms with E-state index in [1.165, 1.54) is 11.6 Å². The van der Waals surface area contributed by atoms with Gasteiger partial charge in [-0.3, -0.25) is 9.59 Å². The maximum absolute atomic E-state index is 12.5. The van der Waals surface area contributed by atoms with Crippen LogP contribution < -0.4 is 20.5 Å². The monoisotopic (exact) mass is 304 g/mol. The predicted octanol–water partition coefficient (Wildman–Crippen LogP) is 2.28. The van der Waals surface area contributed by atoms with E-state index >= 15 is 0 Å². The number of rotatable bonds is 6. The minimum absolute atomic E-state index is 0.0864. The maximum atomic E-state index is 12.5. The smallest absolute Gasteiger partial charge is 0.316 e. The van der Waals surface area contributed by atoms with Crippen molar-refractivity contribution in [3.8, 4) is 11.5 Å². The second-order valence-corrected chi connectivity index (χ2v) is 4.84. The molecule has 0 unspecified atom stereocenters. The van der Waals surface area contributed by atoms with Crippen LogP contribution in [0, 0.1) is 0 Å². The van der Waals surface area contributed by atoms with E-state index in [4.69, 9.17) is 9.47 Å². The third-order valence-corrected chi connectivity index (χ3v) is 3.21. The highest BCUT2D eigenvalue weighted by Crippen LogP contribution is 2.32. The number of carbonyl (C=O) groups excluding carboxylic acids is 1.